The number of rotatable bonds is 5. The fraction of sp³-hybridized carbons (Fsp3) is 0.385. The molecular weight excluding hydrogens is 541 g/mol. The summed E-state index contributed by atoms with van der Waals surface area (Å²) < 4.78 is 1.62. The van der Waals surface area contributed by atoms with Gasteiger partial charge < -0.3 is 10.2 Å². The lowest BCUT2D eigenvalue weighted by atomic mass is 9.98. The third-order valence-corrected chi connectivity index (χ3v) is 7.05. The highest BCUT2D eigenvalue weighted by Crippen LogP contribution is 2.33. The van der Waals surface area contributed by atoms with Crippen molar-refractivity contribution < 1.29 is 4.79 Å². The Morgan fingerprint density at radius 2 is 2.00 bits per heavy atom. The van der Waals surface area contributed by atoms with Gasteiger partial charge in [0, 0.05) is 42.1 Å². The standard InChI is InChI=1S/C26H30IN5O2/c1-16(19-7-6-8-20(13-19)26(3,4)27)30-23-22-14-21(18-9-11-32(12-10-18)17(2)33)25(34)31(5)24(22)29-15-28-23/h6-9,13-16H,10-12H2,1-5H3,(H,28,29,30)/t16-/m1/s1. The van der Waals surface area contributed by atoms with E-state index in [0.717, 1.165) is 11.0 Å². The maximum absolute atomic E-state index is 13.1. The van der Waals surface area contributed by atoms with Gasteiger partial charge in [-0.05, 0) is 50.0 Å². The van der Waals surface area contributed by atoms with Gasteiger partial charge in [-0.3, -0.25) is 14.2 Å². The molecule has 0 fully saturated rings. The Morgan fingerprint density at radius 1 is 1.24 bits per heavy atom. The molecule has 1 aliphatic rings. The number of pyridine rings is 1. The predicted octanol–water partition coefficient (Wildman–Crippen LogP) is 4.81. The first-order valence-electron chi connectivity index (χ1n) is 11.4. The molecular formula is C26H30IN5O2. The third-order valence-electron chi connectivity index (χ3n) is 6.43. The number of aryl methyl sites for hydroxylation is 1. The van der Waals surface area contributed by atoms with Crippen molar-refractivity contribution in [1.82, 2.24) is 19.4 Å². The number of nitrogens with one attached hydrogen (secondary N) is 1. The topological polar surface area (TPSA) is 80.1 Å². The molecule has 0 unspecified atom stereocenters. The summed E-state index contributed by atoms with van der Waals surface area (Å²) in [6, 6.07) is 10.5. The fourth-order valence-electron chi connectivity index (χ4n) is 4.28. The Bertz CT molecular complexity index is 1340. The quantitative estimate of drug-likeness (QED) is 0.352. The number of anilines is 1. The summed E-state index contributed by atoms with van der Waals surface area (Å²) in [6.07, 6.45) is 4.11. The summed E-state index contributed by atoms with van der Waals surface area (Å²) >= 11 is 2.45. The largest absolute Gasteiger partial charge is 0.363 e. The number of nitrogens with zero attached hydrogens (tertiary/aromatic N) is 4. The van der Waals surface area contributed by atoms with Crippen LogP contribution in [0.1, 0.15) is 56.8 Å². The Labute approximate surface area is 213 Å². The molecule has 0 saturated heterocycles. The lowest BCUT2D eigenvalue weighted by Crippen LogP contribution is -2.33. The SMILES string of the molecule is CC(=O)N1CC=C(c2cc3c(N[C@H](C)c4cccc(C(C)(C)I)c4)ncnc3n(C)c2=O)CC1. The Morgan fingerprint density at radius 3 is 2.65 bits per heavy atom. The van der Waals surface area contributed by atoms with Gasteiger partial charge in [0.2, 0.25) is 5.91 Å². The fourth-order valence-corrected chi connectivity index (χ4v) is 4.62. The molecule has 0 spiro atoms. The van der Waals surface area contributed by atoms with Crippen LogP contribution in [0.25, 0.3) is 16.6 Å². The van der Waals surface area contributed by atoms with Crippen molar-refractivity contribution in [3.63, 3.8) is 0 Å². The molecule has 0 radical (unpaired) electrons. The first-order valence-corrected chi connectivity index (χ1v) is 12.5. The minimum Gasteiger partial charge on any atom is -0.363 e. The van der Waals surface area contributed by atoms with Crippen LogP contribution in [-0.2, 0) is 15.3 Å². The van der Waals surface area contributed by atoms with Crippen LogP contribution in [0.15, 0.2) is 47.5 Å². The average molecular weight is 571 g/mol. The number of amides is 1. The van der Waals surface area contributed by atoms with Crippen LogP contribution in [0.3, 0.4) is 0 Å². The van der Waals surface area contributed by atoms with Crippen molar-refractivity contribution in [1.29, 1.82) is 0 Å². The normalized spacial score (nSPS) is 15.2. The molecule has 4 rings (SSSR count). The van der Waals surface area contributed by atoms with Gasteiger partial charge in [0.05, 0.1) is 5.39 Å². The van der Waals surface area contributed by atoms with Gasteiger partial charge in [0.15, 0.2) is 0 Å². The average Bonchev–Trinajstić information content (AvgIpc) is 2.81. The maximum atomic E-state index is 13.1. The second-order valence-electron chi connectivity index (χ2n) is 9.29. The lowest BCUT2D eigenvalue weighted by Gasteiger charge is -2.25. The summed E-state index contributed by atoms with van der Waals surface area (Å²) in [4.78, 5) is 35.5. The van der Waals surface area contributed by atoms with E-state index in [1.54, 1.807) is 23.4 Å². The monoisotopic (exact) mass is 571 g/mol. The van der Waals surface area contributed by atoms with Crippen molar-refractivity contribution in [2.75, 3.05) is 18.4 Å². The van der Waals surface area contributed by atoms with E-state index in [1.807, 2.05) is 12.1 Å². The molecule has 8 heteroatoms. The minimum absolute atomic E-state index is 0.00973. The first kappa shape index (κ1) is 24.4. The number of hydrogen-bond donors (Lipinski definition) is 1. The third kappa shape index (κ3) is 4.87. The second kappa shape index (κ2) is 9.48. The van der Waals surface area contributed by atoms with Crippen molar-refractivity contribution in [2.45, 2.75) is 43.6 Å². The molecule has 178 valence electrons. The van der Waals surface area contributed by atoms with Crippen LogP contribution in [-0.4, -0.2) is 38.4 Å². The van der Waals surface area contributed by atoms with E-state index >= 15 is 0 Å². The Balaban J connectivity index is 1.72. The van der Waals surface area contributed by atoms with Gasteiger partial charge in [-0.15, -0.1) is 0 Å². The van der Waals surface area contributed by atoms with E-state index in [-0.39, 0.29) is 20.9 Å². The smallest absolute Gasteiger partial charge is 0.259 e. The highest BCUT2D eigenvalue weighted by atomic mass is 127. The first-order chi connectivity index (χ1) is 16.1. The summed E-state index contributed by atoms with van der Waals surface area (Å²) in [6.45, 7) is 9.19. The lowest BCUT2D eigenvalue weighted by molar-refractivity contribution is -0.128. The van der Waals surface area contributed by atoms with E-state index in [2.05, 4.69) is 82.9 Å². The molecule has 0 saturated carbocycles. The van der Waals surface area contributed by atoms with Gasteiger partial charge >= 0.3 is 0 Å². The molecule has 1 aromatic carbocycles. The van der Waals surface area contributed by atoms with Crippen molar-refractivity contribution in [2.24, 2.45) is 7.05 Å². The number of halogens is 1. The molecule has 1 N–H and O–H groups in total. The van der Waals surface area contributed by atoms with Gasteiger partial charge in [0.1, 0.15) is 17.8 Å². The number of fused-ring (bicyclic) bond motifs is 1. The van der Waals surface area contributed by atoms with Crippen molar-refractivity contribution in [3.8, 4) is 0 Å². The number of carbonyl (C=O) groups is 1. The highest BCUT2D eigenvalue weighted by Gasteiger charge is 2.21. The zero-order valence-corrected chi connectivity index (χ0v) is 22.4. The molecule has 3 aromatic rings. The van der Waals surface area contributed by atoms with Crippen LogP contribution in [0, 0.1) is 0 Å². The van der Waals surface area contributed by atoms with E-state index in [9.17, 15) is 9.59 Å². The summed E-state index contributed by atoms with van der Waals surface area (Å²) in [5, 5.41) is 4.34. The van der Waals surface area contributed by atoms with E-state index in [0.29, 0.717) is 36.5 Å². The molecule has 1 amide bonds. The highest BCUT2D eigenvalue weighted by molar-refractivity contribution is 14.1. The molecule has 1 aliphatic heterocycles. The zero-order chi connectivity index (χ0) is 24.6. The number of hydrogen-bond acceptors (Lipinski definition) is 5. The molecule has 34 heavy (non-hydrogen) atoms. The molecule has 7 nitrogen and oxygen atoms in total. The predicted molar refractivity (Wildman–Crippen MR) is 145 cm³/mol. The van der Waals surface area contributed by atoms with Crippen LogP contribution < -0.4 is 10.9 Å². The molecule has 3 heterocycles. The summed E-state index contributed by atoms with van der Waals surface area (Å²) in [7, 11) is 1.74. The Kier molecular flexibility index (Phi) is 6.80. The van der Waals surface area contributed by atoms with Crippen LogP contribution >= 0.6 is 22.6 Å². The number of carbonyl (C=O) groups excluding carboxylic acids is 1. The van der Waals surface area contributed by atoms with Gasteiger partial charge in [-0.2, -0.15) is 0 Å². The van der Waals surface area contributed by atoms with Gasteiger partial charge in [0.25, 0.3) is 5.56 Å². The molecule has 1 atom stereocenters. The second-order valence-corrected chi connectivity index (χ2v) is 12.0. The number of benzene rings is 1. The zero-order valence-electron chi connectivity index (χ0n) is 20.2. The Hall–Kier alpha value is -2.75. The van der Waals surface area contributed by atoms with Crippen LogP contribution in [0.2, 0.25) is 0 Å². The number of aromatic nitrogens is 3. The number of alkyl halides is 1. The van der Waals surface area contributed by atoms with Crippen molar-refractivity contribution in [3.05, 3.63) is 69.8 Å². The van der Waals surface area contributed by atoms with Crippen LogP contribution in [0.5, 0.6) is 0 Å². The van der Waals surface area contributed by atoms with E-state index in [1.165, 1.54) is 17.5 Å². The van der Waals surface area contributed by atoms with Crippen LogP contribution in [0.4, 0.5) is 5.82 Å². The van der Waals surface area contributed by atoms with Gasteiger partial charge in [-0.1, -0.05) is 52.9 Å². The summed E-state index contributed by atoms with van der Waals surface area (Å²) in [5.74, 6) is 0.737. The van der Waals surface area contributed by atoms with E-state index in [4.69, 9.17) is 0 Å². The summed E-state index contributed by atoms with van der Waals surface area (Å²) in [5.41, 5.74) is 4.52. The van der Waals surface area contributed by atoms with Crippen molar-refractivity contribution >= 4 is 50.9 Å². The van der Waals surface area contributed by atoms with E-state index < -0.39 is 0 Å². The van der Waals surface area contributed by atoms with Gasteiger partial charge in [-0.25, -0.2) is 9.97 Å². The maximum Gasteiger partial charge on any atom is 0.259 e. The molecule has 2 aromatic heterocycles. The minimum atomic E-state index is -0.0929. The molecule has 0 aliphatic carbocycles. The molecule has 0 bridgehead atoms.